The number of urea groups is 1. The maximum atomic E-state index is 12.3. The van der Waals surface area contributed by atoms with Crippen LogP contribution in [-0.2, 0) is 4.74 Å². The lowest BCUT2D eigenvalue weighted by Crippen LogP contribution is -2.56. The summed E-state index contributed by atoms with van der Waals surface area (Å²) in [6, 6.07) is -0.648. The molecule has 3 amide bonds. The monoisotopic (exact) mass is 418 g/mol. The van der Waals surface area contributed by atoms with Gasteiger partial charge in [-0.05, 0) is 61.2 Å². The second-order valence-corrected chi connectivity index (χ2v) is 10.5. The molecule has 0 aromatic heterocycles. The van der Waals surface area contributed by atoms with Crippen LogP contribution in [0.5, 0.6) is 0 Å². The van der Waals surface area contributed by atoms with Gasteiger partial charge in [-0.1, -0.05) is 45.4 Å². The second kappa shape index (κ2) is 8.37. The number of imide groups is 1. The van der Waals surface area contributed by atoms with E-state index in [0.717, 1.165) is 25.7 Å². The van der Waals surface area contributed by atoms with Crippen molar-refractivity contribution in [2.24, 2.45) is 28.1 Å². The number of fused-ring (bicyclic) bond motifs is 3. The third-order valence-electron chi connectivity index (χ3n) is 8.18. The van der Waals surface area contributed by atoms with Crippen LogP contribution in [0.1, 0.15) is 66.2 Å². The highest BCUT2D eigenvalue weighted by molar-refractivity contribution is 5.90. The molecule has 1 unspecified atom stereocenters. The van der Waals surface area contributed by atoms with Crippen LogP contribution < -0.4 is 10.6 Å². The summed E-state index contributed by atoms with van der Waals surface area (Å²) in [6.45, 7) is 13.1. The molecule has 0 aliphatic heterocycles. The zero-order valence-corrected chi connectivity index (χ0v) is 18.9. The molecule has 6 heteroatoms. The lowest BCUT2D eigenvalue weighted by Gasteiger charge is -2.60. The number of hydrogen-bond donors (Lipinski definition) is 3. The smallest absolute Gasteiger partial charge is 0.415 e. The lowest BCUT2D eigenvalue weighted by atomic mass is 9.46. The van der Waals surface area contributed by atoms with Crippen molar-refractivity contribution >= 4 is 12.1 Å². The van der Waals surface area contributed by atoms with E-state index in [9.17, 15) is 9.59 Å². The van der Waals surface area contributed by atoms with Gasteiger partial charge in [-0.25, -0.2) is 14.9 Å². The number of nitrogens with one attached hydrogen (secondary N) is 2. The summed E-state index contributed by atoms with van der Waals surface area (Å²) in [5, 5.41) is 13.4. The SMILES string of the molecule is C=C[C@]1(C)CC=C2[C@@H](CCC3C(C)(C)[C@H](OC(=O)NC(=O)NCCO)CC[C@@]23C)C1. The average molecular weight is 419 g/mol. The highest BCUT2D eigenvalue weighted by atomic mass is 16.6. The first-order valence-electron chi connectivity index (χ1n) is 11.3. The zero-order chi connectivity index (χ0) is 22.2. The molecule has 0 heterocycles. The number of allylic oxidation sites excluding steroid dienone is 3. The number of aliphatic hydroxyl groups is 1. The van der Waals surface area contributed by atoms with Crippen LogP contribution in [0, 0.1) is 28.1 Å². The van der Waals surface area contributed by atoms with Crippen LogP contribution in [0.2, 0.25) is 0 Å². The van der Waals surface area contributed by atoms with Gasteiger partial charge < -0.3 is 15.2 Å². The summed E-state index contributed by atoms with van der Waals surface area (Å²) >= 11 is 0. The van der Waals surface area contributed by atoms with Crippen molar-refractivity contribution < 1.29 is 19.4 Å². The highest BCUT2D eigenvalue weighted by Crippen LogP contribution is 2.64. The maximum absolute atomic E-state index is 12.3. The Balaban J connectivity index is 1.72. The molecule has 0 aromatic carbocycles. The summed E-state index contributed by atoms with van der Waals surface area (Å²) in [5.74, 6) is 1.05. The number of aliphatic hydroxyl groups excluding tert-OH is 1. The summed E-state index contributed by atoms with van der Waals surface area (Å²) in [6.07, 6.45) is 9.94. The van der Waals surface area contributed by atoms with Crippen molar-refractivity contribution in [2.45, 2.75) is 72.3 Å². The van der Waals surface area contributed by atoms with Gasteiger partial charge in [-0.15, -0.1) is 6.58 Å². The van der Waals surface area contributed by atoms with Gasteiger partial charge >= 0.3 is 12.1 Å². The fourth-order valence-corrected chi connectivity index (χ4v) is 6.49. The van der Waals surface area contributed by atoms with E-state index in [1.165, 1.54) is 12.8 Å². The van der Waals surface area contributed by atoms with Crippen molar-refractivity contribution in [1.82, 2.24) is 10.6 Å². The largest absolute Gasteiger partial charge is 0.445 e. The van der Waals surface area contributed by atoms with Crippen molar-refractivity contribution in [3.05, 3.63) is 24.3 Å². The van der Waals surface area contributed by atoms with E-state index >= 15 is 0 Å². The van der Waals surface area contributed by atoms with Gasteiger partial charge in [0.25, 0.3) is 0 Å². The molecule has 0 spiro atoms. The summed E-state index contributed by atoms with van der Waals surface area (Å²) in [4.78, 5) is 23.9. The first kappa shape index (κ1) is 22.9. The molecule has 2 saturated carbocycles. The van der Waals surface area contributed by atoms with Crippen LogP contribution in [0.4, 0.5) is 9.59 Å². The first-order chi connectivity index (χ1) is 14.1. The van der Waals surface area contributed by atoms with Gasteiger partial charge in [0.05, 0.1) is 6.61 Å². The Morgan fingerprint density at radius 3 is 2.67 bits per heavy atom. The van der Waals surface area contributed by atoms with Gasteiger partial charge in [0.2, 0.25) is 0 Å². The summed E-state index contributed by atoms with van der Waals surface area (Å²) in [7, 11) is 0. The molecule has 3 aliphatic rings. The minimum absolute atomic E-state index is 0.0929. The number of alkyl carbamates (subject to hydrolysis) is 1. The Labute approximate surface area is 180 Å². The van der Waals surface area contributed by atoms with E-state index in [4.69, 9.17) is 9.84 Å². The quantitative estimate of drug-likeness (QED) is 0.585. The van der Waals surface area contributed by atoms with E-state index in [2.05, 4.69) is 57.1 Å². The average Bonchev–Trinajstić information content (AvgIpc) is 2.68. The third kappa shape index (κ3) is 4.16. The molecule has 3 N–H and O–H groups in total. The Kier molecular flexibility index (Phi) is 6.38. The van der Waals surface area contributed by atoms with E-state index in [1.807, 2.05) is 0 Å². The Morgan fingerprint density at radius 2 is 2.00 bits per heavy atom. The van der Waals surface area contributed by atoms with Crippen molar-refractivity contribution in [2.75, 3.05) is 13.2 Å². The molecule has 0 radical (unpaired) electrons. The summed E-state index contributed by atoms with van der Waals surface area (Å²) < 4.78 is 5.73. The van der Waals surface area contributed by atoms with Crippen LogP contribution in [0.3, 0.4) is 0 Å². The lowest BCUT2D eigenvalue weighted by molar-refractivity contribution is -0.103. The molecule has 0 saturated heterocycles. The Bertz CT molecular complexity index is 731. The van der Waals surface area contributed by atoms with Crippen molar-refractivity contribution in [3.8, 4) is 0 Å². The molecular weight excluding hydrogens is 380 g/mol. The van der Waals surface area contributed by atoms with Crippen LogP contribution >= 0.6 is 0 Å². The van der Waals surface area contributed by atoms with Crippen molar-refractivity contribution in [3.63, 3.8) is 0 Å². The van der Waals surface area contributed by atoms with Gasteiger partial charge in [0.15, 0.2) is 0 Å². The molecule has 6 nitrogen and oxygen atoms in total. The first-order valence-corrected chi connectivity index (χ1v) is 11.3. The van der Waals surface area contributed by atoms with E-state index in [0.29, 0.717) is 11.8 Å². The fourth-order valence-electron chi connectivity index (χ4n) is 6.49. The van der Waals surface area contributed by atoms with Crippen LogP contribution in [-0.4, -0.2) is 36.5 Å². The van der Waals surface area contributed by atoms with E-state index in [-0.39, 0.29) is 35.5 Å². The number of carbonyl (C=O) groups excluding carboxylic acids is 2. The molecule has 3 aliphatic carbocycles. The fraction of sp³-hybridized carbons (Fsp3) is 0.750. The number of hydrogen-bond acceptors (Lipinski definition) is 4. The second-order valence-electron chi connectivity index (χ2n) is 10.5. The molecular formula is C24H38N2O4. The minimum atomic E-state index is -0.723. The van der Waals surface area contributed by atoms with Gasteiger partial charge in [-0.2, -0.15) is 0 Å². The molecule has 0 aromatic rings. The molecule has 2 fully saturated rings. The Hall–Kier alpha value is -1.82. The molecule has 168 valence electrons. The normalized spacial score (nSPS) is 37.1. The highest BCUT2D eigenvalue weighted by Gasteiger charge is 2.57. The van der Waals surface area contributed by atoms with E-state index < -0.39 is 12.1 Å². The number of rotatable bonds is 4. The standard InChI is InChI=1S/C24H38N2O4/c1-6-23(4)11-9-17-16(15-23)7-8-18-22(2,3)19(10-12-24(17,18)5)30-21(29)26-20(28)25-13-14-27/h6,9,16,18-19,27H,1,7-8,10-15H2,2-5H3,(H2,25,26,28,29)/t16-,18?,19+,23+,24-/m0/s1. The zero-order valence-electron chi connectivity index (χ0n) is 18.9. The van der Waals surface area contributed by atoms with Crippen LogP contribution in [0.25, 0.3) is 0 Å². The van der Waals surface area contributed by atoms with Gasteiger partial charge in [0, 0.05) is 12.0 Å². The molecule has 0 bridgehead atoms. The predicted octanol–water partition coefficient (Wildman–Crippen LogP) is 4.55. The number of ether oxygens (including phenoxy) is 1. The van der Waals surface area contributed by atoms with Crippen molar-refractivity contribution in [1.29, 1.82) is 0 Å². The molecule has 3 rings (SSSR count). The van der Waals surface area contributed by atoms with E-state index in [1.54, 1.807) is 5.57 Å². The Morgan fingerprint density at radius 1 is 1.27 bits per heavy atom. The molecule has 30 heavy (non-hydrogen) atoms. The number of carbonyl (C=O) groups is 2. The number of amides is 3. The van der Waals surface area contributed by atoms with Gasteiger partial charge in [-0.3, -0.25) is 0 Å². The topological polar surface area (TPSA) is 87.7 Å². The van der Waals surface area contributed by atoms with Crippen LogP contribution in [0.15, 0.2) is 24.3 Å². The van der Waals surface area contributed by atoms with Gasteiger partial charge in [0.1, 0.15) is 6.10 Å². The molecule has 5 atom stereocenters. The maximum Gasteiger partial charge on any atom is 0.415 e. The minimum Gasteiger partial charge on any atom is -0.445 e. The third-order valence-corrected chi connectivity index (χ3v) is 8.18. The predicted molar refractivity (Wildman–Crippen MR) is 117 cm³/mol. The summed E-state index contributed by atoms with van der Waals surface area (Å²) in [5.41, 5.74) is 1.75.